The lowest BCUT2D eigenvalue weighted by Crippen LogP contribution is -2.62. The van der Waals surface area contributed by atoms with Gasteiger partial charge in [-0.15, -0.1) is 0 Å². The number of benzene rings is 1. The zero-order valence-corrected chi connectivity index (χ0v) is 22.0. The van der Waals surface area contributed by atoms with E-state index in [9.17, 15) is 14.7 Å². The lowest BCUT2D eigenvalue weighted by Gasteiger charge is -2.45. The molecule has 1 aliphatic carbocycles. The Labute approximate surface area is 216 Å². The van der Waals surface area contributed by atoms with E-state index in [0.717, 1.165) is 57.1 Å². The molecule has 1 N–H and O–H groups in total. The highest BCUT2D eigenvalue weighted by molar-refractivity contribution is 5.87. The number of carbonyl (C=O) groups is 2. The molecule has 3 aliphatic rings. The third-order valence-corrected chi connectivity index (χ3v) is 8.13. The fraction of sp³-hybridized carbons (Fsp3) is 0.724. The van der Waals surface area contributed by atoms with E-state index in [-0.39, 0.29) is 24.8 Å². The molecule has 1 saturated carbocycles. The first-order valence-corrected chi connectivity index (χ1v) is 14.1. The molecule has 2 fully saturated rings. The van der Waals surface area contributed by atoms with Crippen molar-refractivity contribution in [3.8, 4) is 5.75 Å². The van der Waals surface area contributed by atoms with E-state index < -0.39 is 11.2 Å². The second kappa shape index (κ2) is 12.4. The van der Waals surface area contributed by atoms with Crippen LogP contribution in [0.3, 0.4) is 0 Å². The number of amides is 2. The van der Waals surface area contributed by atoms with Crippen molar-refractivity contribution in [3.63, 3.8) is 0 Å². The smallest absolute Gasteiger partial charge is 0.256 e. The fourth-order valence-corrected chi connectivity index (χ4v) is 5.96. The number of fused-ring (bicyclic) bond motifs is 1. The highest BCUT2D eigenvalue weighted by Gasteiger charge is 2.47. The van der Waals surface area contributed by atoms with Crippen LogP contribution in [-0.2, 0) is 20.7 Å². The topological polar surface area (TPSA) is 79.3 Å². The molecule has 0 bridgehead atoms. The number of unbranched alkanes of at least 4 members (excludes halogenated alkanes) is 1. The molecule has 36 heavy (non-hydrogen) atoms. The van der Waals surface area contributed by atoms with Crippen LogP contribution in [0.1, 0.15) is 83.1 Å². The van der Waals surface area contributed by atoms with Crippen LogP contribution in [0.2, 0.25) is 0 Å². The van der Waals surface area contributed by atoms with E-state index in [1.165, 1.54) is 5.56 Å². The standard InChI is InChI=1S/C29H44N2O5/c1-2-3-17-30-18-20-35-25-13-6-5-11-24(25)12-7-10-16-29(27(30)33)23-31(19-21-36-29)26(32)22-28(34)14-8-4-9-15-28/h5-6,11,13,34H,2-4,7-10,12,14-23H2,1H3. The van der Waals surface area contributed by atoms with Gasteiger partial charge in [-0.25, -0.2) is 0 Å². The molecule has 200 valence electrons. The maximum atomic E-state index is 14.1. The van der Waals surface area contributed by atoms with Gasteiger partial charge in [0.25, 0.3) is 5.91 Å². The molecule has 1 aromatic carbocycles. The Morgan fingerprint density at radius 2 is 1.81 bits per heavy atom. The van der Waals surface area contributed by atoms with Crippen molar-refractivity contribution in [1.29, 1.82) is 0 Å². The third-order valence-electron chi connectivity index (χ3n) is 8.13. The maximum Gasteiger partial charge on any atom is 0.256 e. The predicted octanol–water partition coefficient (Wildman–Crippen LogP) is 4.10. The summed E-state index contributed by atoms with van der Waals surface area (Å²) in [4.78, 5) is 31.1. The van der Waals surface area contributed by atoms with Crippen LogP contribution in [0.5, 0.6) is 5.75 Å². The zero-order valence-electron chi connectivity index (χ0n) is 22.0. The fourth-order valence-electron chi connectivity index (χ4n) is 5.96. The van der Waals surface area contributed by atoms with E-state index in [1.807, 2.05) is 23.1 Å². The summed E-state index contributed by atoms with van der Waals surface area (Å²) in [5, 5.41) is 11.0. The molecule has 1 unspecified atom stereocenters. The molecule has 2 aliphatic heterocycles. The normalized spacial score (nSPS) is 25.4. The number of hydrogen-bond acceptors (Lipinski definition) is 5. The third kappa shape index (κ3) is 6.60. The monoisotopic (exact) mass is 500 g/mol. The number of rotatable bonds is 5. The van der Waals surface area contributed by atoms with Crippen LogP contribution < -0.4 is 4.74 Å². The zero-order chi connectivity index (χ0) is 25.4. The second-order valence-corrected chi connectivity index (χ2v) is 10.9. The van der Waals surface area contributed by atoms with Crippen molar-refractivity contribution in [1.82, 2.24) is 9.80 Å². The summed E-state index contributed by atoms with van der Waals surface area (Å²) < 4.78 is 12.4. The van der Waals surface area contributed by atoms with Crippen LogP contribution in [-0.4, -0.2) is 77.3 Å². The van der Waals surface area contributed by atoms with Crippen molar-refractivity contribution in [2.45, 2.75) is 95.2 Å². The van der Waals surface area contributed by atoms with Crippen molar-refractivity contribution in [2.24, 2.45) is 0 Å². The molecular weight excluding hydrogens is 456 g/mol. The highest BCUT2D eigenvalue weighted by atomic mass is 16.5. The first-order chi connectivity index (χ1) is 17.4. The Kier molecular flexibility index (Phi) is 9.29. The minimum Gasteiger partial charge on any atom is -0.491 e. The van der Waals surface area contributed by atoms with Gasteiger partial charge in [0.1, 0.15) is 12.4 Å². The Balaban J connectivity index is 1.52. The van der Waals surface area contributed by atoms with E-state index in [2.05, 4.69) is 13.0 Å². The number of ether oxygens (including phenoxy) is 2. The van der Waals surface area contributed by atoms with Gasteiger partial charge in [0.15, 0.2) is 5.60 Å². The van der Waals surface area contributed by atoms with Gasteiger partial charge in [-0.1, -0.05) is 50.8 Å². The maximum absolute atomic E-state index is 14.1. The van der Waals surface area contributed by atoms with Gasteiger partial charge in [-0.3, -0.25) is 9.59 Å². The van der Waals surface area contributed by atoms with Gasteiger partial charge >= 0.3 is 0 Å². The predicted molar refractivity (Wildman–Crippen MR) is 139 cm³/mol. The summed E-state index contributed by atoms with van der Waals surface area (Å²) in [6, 6.07) is 8.16. The first-order valence-electron chi connectivity index (χ1n) is 14.1. The number of para-hydroxylation sites is 1. The lowest BCUT2D eigenvalue weighted by atomic mass is 9.82. The van der Waals surface area contributed by atoms with Crippen LogP contribution in [0, 0.1) is 0 Å². The van der Waals surface area contributed by atoms with Crippen LogP contribution in [0.4, 0.5) is 0 Å². The van der Waals surface area contributed by atoms with E-state index in [1.54, 1.807) is 4.90 Å². The van der Waals surface area contributed by atoms with Crippen molar-refractivity contribution >= 4 is 11.8 Å². The van der Waals surface area contributed by atoms with Crippen LogP contribution in [0.25, 0.3) is 0 Å². The summed E-state index contributed by atoms with van der Waals surface area (Å²) in [5.41, 5.74) is -0.745. The van der Waals surface area contributed by atoms with Gasteiger partial charge in [-0.2, -0.15) is 0 Å². The van der Waals surface area contributed by atoms with Crippen molar-refractivity contribution in [3.05, 3.63) is 29.8 Å². The number of nitrogens with zero attached hydrogens (tertiary/aromatic N) is 2. The Bertz CT molecular complexity index is 884. The lowest BCUT2D eigenvalue weighted by molar-refractivity contribution is -0.178. The summed E-state index contributed by atoms with van der Waals surface area (Å²) in [7, 11) is 0. The molecule has 7 nitrogen and oxygen atoms in total. The van der Waals surface area contributed by atoms with E-state index in [0.29, 0.717) is 52.1 Å². The molecule has 4 rings (SSSR count). The Morgan fingerprint density at radius 3 is 2.61 bits per heavy atom. The number of carbonyl (C=O) groups excluding carboxylic acids is 2. The largest absolute Gasteiger partial charge is 0.491 e. The Hall–Kier alpha value is -2.12. The molecule has 0 radical (unpaired) electrons. The van der Waals surface area contributed by atoms with Gasteiger partial charge in [0, 0.05) is 13.1 Å². The molecule has 1 saturated heterocycles. The highest BCUT2D eigenvalue weighted by Crippen LogP contribution is 2.34. The molecule has 2 heterocycles. The minimum absolute atomic E-state index is 0.0257. The first kappa shape index (κ1) is 26.9. The molecule has 0 aromatic heterocycles. The van der Waals surface area contributed by atoms with E-state index in [4.69, 9.17) is 9.47 Å². The van der Waals surface area contributed by atoms with Gasteiger partial charge in [0.2, 0.25) is 5.91 Å². The van der Waals surface area contributed by atoms with Gasteiger partial charge < -0.3 is 24.4 Å². The molecule has 7 heteroatoms. The molecule has 1 aromatic rings. The molecular formula is C29H44N2O5. The van der Waals surface area contributed by atoms with Crippen molar-refractivity contribution < 1.29 is 24.2 Å². The molecule has 1 spiro atoms. The number of aliphatic hydroxyl groups is 1. The number of hydrogen-bond donors (Lipinski definition) is 1. The van der Waals surface area contributed by atoms with E-state index >= 15 is 0 Å². The van der Waals surface area contributed by atoms with Crippen LogP contribution >= 0.6 is 0 Å². The summed E-state index contributed by atoms with van der Waals surface area (Å²) in [5.74, 6) is 0.822. The summed E-state index contributed by atoms with van der Waals surface area (Å²) >= 11 is 0. The average Bonchev–Trinajstić information content (AvgIpc) is 2.88. The van der Waals surface area contributed by atoms with Gasteiger partial charge in [0.05, 0.1) is 31.7 Å². The number of aryl methyl sites for hydroxylation is 1. The SMILES string of the molecule is CCCCN1CCOc2ccccc2CCCCC2(CN(C(=O)CC3(O)CCCCC3)CCO2)C1=O. The summed E-state index contributed by atoms with van der Waals surface area (Å²) in [6.45, 7) is 4.77. The quantitative estimate of drug-likeness (QED) is 0.659. The molecule has 2 amide bonds. The Morgan fingerprint density at radius 1 is 1.03 bits per heavy atom. The average molecular weight is 501 g/mol. The summed E-state index contributed by atoms with van der Waals surface area (Å²) in [6.07, 6.45) is 9.67. The van der Waals surface area contributed by atoms with Gasteiger partial charge in [-0.05, 0) is 56.6 Å². The number of morpholine rings is 1. The molecule has 1 atom stereocenters. The minimum atomic E-state index is -1.03. The van der Waals surface area contributed by atoms with Crippen LogP contribution in [0.15, 0.2) is 24.3 Å². The van der Waals surface area contributed by atoms with Crippen molar-refractivity contribution in [2.75, 3.05) is 39.4 Å². The second-order valence-electron chi connectivity index (χ2n) is 10.9.